The molecule has 0 amide bonds. The van der Waals surface area contributed by atoms with E-state index in [9.17, 15) is 4.79 Å². The van der Waals surface area contributed by atoms with Crippen LogP contribution in [0.3, 0.4) is 0 Å². The third kappa shape index (κ3) is 14.8. The van der Waals surface area contributed by atoms with Crippen LogP contribution in [0.2, 0.25) is 0 Å². The summed E-state index contributed by atoms with van der Waals surface area (Å²) >= 11 is 0. The quantitative estimate of drug-likeness (QED) is 0.271. The van der Waals surface area contributed by atoms with Gasteiger partial charge in [-0.1, -0.05) is 96.1 Å². The Bertz CT molecular complexity index is 542. The molecule has 0 saturated heterocycles. The van der Waals surface area contributed by atoms with Gasteiger partial charge in [-0.15, -0.1) is 0 Å². The number of carboxylic acid groups (broad SMARTS) is 1. The molecule has 0 atom stereocenters. The number of carboxylic acids is 1. The topological polar surface area (TPSA) is 37.3 Å². The van der Waals surface area contributed by atoms with Crippen LogP contribution in [0.15, 0.2) is 24.3 Å². The van der Waals surface area contributed by atoms with Crippen LogP contribution in [0.25, 0.3) is 0 Å². The average Bonchev–Trinajstić information content (AvgIpc) is 2.68. The summed E-state index contributed by atoms with van der Waals surface area (Å²) in [5.74, 6) is -0.854. The van der Waals surface area contributed by atoms with E-state index in [-0.39, 0.29) is 12.4 Å². The van der Waals surface area contributed by atoms with Crippen molar-refractivity contribution in [3.8, 4) is 0 Å². The molecule has 1 aromatic carbocycles. The van der Waals surface area contributed by atoms with Gasteiger partial charge in [-0.2, -0.15) is 0 Å². The molecule has 1 aromatic rings. The molecule has 0 radical (unpaired) electrons. The van der Waals surface area contributed by atoms with Crippen LogP contribution < -0.4 is 12.4 Å². The number of unbranched alkanes of at least 4 members (excludes halogenated alkanes) is 13. The molecule has 0 unspecified atom stereocenters. The van der Waals surface area contributed by atoms with Crippen LogP contribution >= 0.6 is 0 Å². The Labute approximate surface area is 192 Å². The molecule has 4 heteroatoms. The fraction of sp³-hybridized carbons (Fsp3) is 0.731. The molecule has 174 valence electrons. The fourth-order valence-electron chi connectivity index (χ4n) is 4.06. The lowest BCUT2D eigenvalue weighted by Gasteiger charge is -2.30. The molecule has 0 aliphatic rings. The highest BCUT2D eigenvalue weighted by molar-refractivity contribution is 5.87. The van der Waals surface area contributed by atoms with Gasteiger partial charge in [-0.25, -0.2) is 4.79 Å². The van der Waals surface area contributed by atoms with E-state index in [1.165, 1.54) is 102 Å². The molecule has 0 aromatic heterocycles. The second kappa shape index (κ2) is 17.6. The fourth-order valence-corrected chi connectivity index (χ4v) is 4.06. The summed E-state index contributed by atoms with van der Waals surface area (Å²) in [6.45, 7) is 4.42. The number of halogens is 1. The molecule has 0 aliphatic heterocycles. The zero-order valence-corrected chi connectivity index (χ0v) is 20.6. The predicted molar refractivity (Wildman–Crippen MR) is 124 cm³/mol. The maximum absolute atomic E-state index is 11.0. The molecular formula is C26H46ClNO2. The number of benzene rings is 1. The second-order valence-corrected chi connectivity index (χ2v) is 9.42. The molecule has 1 N–H and O–H groups in total. The van der Waals surface area contributed by atoms with Gasteiger partial charge in [0, 0.05) is 5.56 Å². The normalized spacial score (nSPS) is 11.3. The summed E-state index contributed by atoms with van der Waals surface area (Å²) in [5.41, 5.74) is 1.58. The predicted octanol–water partition coefficient (Wildman–Crippen LogP) is 4.45. The molecule has 30 heavy (non-hydrogen) atoms. The highest BCUT2D eigenvalue weighted by atomic mass is 35.5. The summed E-state index contributed by atoms with van der Waals surface area (Å²) in [6.07, 6.45) is 19.6. The van der Waals surface area contributed by atoms with Crippen molar-refractivity contribution in [3.63, 3.8) is 0 Å². The molecular weight excluding hydrogens is 394 g/mol. The minimum Gasteiger partial charge on any atom is -1.00 e. The van der Waals surface area contributed by atoms with Crippen molar-refractivity contribution in [1.82, 2.24) is 0 Å². The van der Waals surface area contributed by atoms with Crippen molar-refractivity contribution < 1.29 is 26.8 Å². The number of aromatic carboxylic acids is 1. The standard InChI is InChI=1S/C26H45NO2.ClH/c1-4-5-6-7-8-9-10-11-12-13-14-15-16-17-22-27(2,3)23-24-18-20-25(21-19-24)26(28)29;/h18-21H,4-17,22-23H2,1-3H3;1H. The van der Waals surface area contributed by atoms with Crippen LogP contribution in [0.4, 0.5) is 0 Å². The number of hydrogen-bond acceptors (Lipinski definition) is 1. The van der Waals surface area contributed by atoms with Gasteiger partial charge in [0.1, 0.15) is 6.54 Å². The molecule has 3 nitrogen and oxygen atoms in total. The zero-order chi connectivity index (χ0) is 21.4. The monoisotopic (exact) mass is 439 g/mol. The molecule has 0 saturated carbocycles. The van der Waals surface area contributed by atoms with Crippen molar-refractivity contribution in [2.75, 3.05) is 20.6 Å². The Morgan fingerprint density at radius 1 is 0.733 bits per heavy atom. The van der Waals surface area contributed by atoms with Gasteiger partial charge in [0.25, 0.3) is 0 Å². The van der Waals surface area contributed by atoms with E-state index in [1.807, 2.05) is 12.1 Å². The Hall–Kier alpha value is -1.06. The summed E-state index contributed by atoms with van der Waals surface area (Å²) < 4.78 is 0.963. The average molecular weight is 440 g/mol. The number of rotatable bonds is 18. The molecule has 0 heterocycles. The van der Waals surface area contributed by atoms with Gasteiger partial charge in [-0.3, -0.25) is 0 Å². The van der Waals surface area contributed by atoms with E-state index < -0.39 is 5.97 Å². The summed E-state index contributed by atoms with van der Waals surface area (Å²) in [5, 5.41) is 9.00. The lowest BCUT2D eigenvalue weighted by Crippen LogP contribution is -3.00. The van der Waals surface area contributed by atoms with Crippen LogP contribution in [0.5, 0.6) is 0 Å². The highest BCUT2D eigenvalue weighted by Gasteiger charge is 2.15. The van der Waals surface area contributed by atoms with Crippen molar-refractivity contribution in [2.45, 2.75) is 103 Å². The van der Waals surface area contributed by atoms with Crippen molar-refractivity contribution in [2.24, 2.45) is 0 Å². The highest BCUT2D eigenvalue weighted by Crippen LogP contribution is 2.15. The van der Waals surface area contributed by atoms with Gasteiger partial charge >= 0.3 is 5.97 Å². The number of hydrogen-bond donors (Lipinski definition) is 1. The minimum absolute atomic E-state index is 0. The van der Waals surface area contributed by atoms with E-state index in [0.29, 0.717) is 5.56 Å². The Morgan fingerprint density at radius 3 is 1.53 bits per heavy atom. The number of quaternary nitrogens is 1. The van der Waals surface area contributed by atoms with E-state index >= 15 is 0 Å². The number of nitrogens with zero attached hydrogens (tertiary/aromatic N) is 1. The van der Waals surface area contributed by atoms with Crippen LogP contribution in [-0.2, 0) is 6.54 Å². The van der Waals surface area contributed by atoms with E-state index in [4.69, 9.17) is 5.11 Å². The summed E-state index contributed by atoms with van der Waals surface area (Å²) in [6, 6.07) is 7.33. The first-order chi connectivity index (χ1) is 13.9. The zero-order valence-electron chi connectivity index (χ0n) is 19.8. The SMILES string of the molecule is CCCCCCCCCCCCCCCC[N+](C)(C)Cc1ccc(C(=O)O)cc1.[Cl-]. The van der Waals surface area contributed by atoms with Gasteiger partial charge < -0.3 is 22.0 Å². The summed E-state index contributed by atoms with van der Waals surface area (Å²) in [4.78, 5) is 11.0. The largest absolute Gasteiger partial charge is 1.00 e. The maximum atomic E-state index is 11.0. The third-order valence-corrected chi connectivity index (χ3v) is 5.93. The Balaban J connectivity index is 0.00000841. The smallest absolute Gasteiger partial charge is 0.335 e. The van der Waals surface area contributed by atoms with E-state index in [1.54, 1.807) is 12.1 Å². The maximum Gasteiger partial charge on any atom is 0.335 e. The van der Waals surface area contributed by atoms with Gasteiger partial charge in [0.05, 0.1) is 26.2 Å². The Morgan fingerprint density at radius 2 is 1.13 bits per heavy atom. The lowest BCUT2D eigenvalue weighted by atomic mass is 10.0. The molecule has 0 aliphatic carbocycles. The van der Waals surface area contributed by atoms with E-state index in [2.05, 4.69) is 21.0 Å². The third-order valence-electron chi connectivity index (χ3n) is 5.93. The molecule has 1 rings (SSSR count). The summed E-state index contributed by atoms with van der Waals surface area (Å²) in [7, 11) is 4.54. The van der Waals surface area contributed by atoms with E-state index in [0.717, 1.165) is 11.0 Å². The first kappa shape index (κ1) is 28.9. The van der Waals surface area contributed by atoms with Crippen LogP contribution in [0.1, 0.15) is 113 Å². The Kier molecular flexibility index (Phi) is 17.0. The number of carbonyl (C=O) groups is 1. The lowest BCUT2D eigenvalue weighted by molar-refractivity contribution is -0.903. The van der Waals surface area contributed by atoms with Crippen molar-refractivity contribution in [1.29, 1.82) is 0 Å². The molecule has 0 spiro atoms. The van der Waals surface area contributed by atoms with Gasteiger partial charge in [0.15, 0.2) is 0 Å². The second-order valence-electron chi connectivity index (χ2n) is 9.42. The van der Waals surface area contributed by atoms with Gasteiger partial charge in [-0.05, 0) is 25.0 Å². The minimum atomic E-state index is -0.854. The molecule has 0 bridgehead atoms. The van der Waals surface area contributed by atoms with Crippen LogP contribution in [-0.4, -0.2) is 36.2 Å². The molecule has 0 fully saturated rings. The van der Waals surface area contributed by atoms with Gasteiger partial charge in [0.2, 0.25) is 0 Å². The van der Waals surface area contributed by atoms with Crippen molar-refractivity contribution in [3.05, 3.63) is 35.4 Å². The first-order valence-electron chi connectivity index (χ1n) is 12.1. The first-order valence-corrected chi connectivity index (χ1v) is 12.1. The van der Waals surface area contributed by atoms with Crippen LogP contribution in [0, 0.1) is 0 Å². The van der Waals surface area contributed by atoms with Crippen molar-refractivity contribution >= 4 is 5.97 Å².